The molecule has 0 spiro atoms. The van der Waals surface area contributed by atoms with Crippen LogP contribution in [0.5, 0.6) is 5.75 Å². The maximum atomic E-state index is 12.9. The molecule has 1 aliphatic heterocycles. The van der Waals surface area contributed by atoms with Gasteiger partial charge in [0.15, 0.2) is 0 Å². The zero-order chi connectivity index (χ0) is 18.5. The average molecular weight is 363 g/mol. The Morgan fingerprint density at radius 2 is 2.04 bits per heavy atom. The van der Waals surface area contributed by atoms with Crippen LogP contribution in [0.4, 0.5) is 0 Å². The molecule has 1 aliphatic carbocycles. The van der Waals surface area contributed by atoms with Crippen molar-refractivity contribution in [2.75, 3.05) is 40.1 Å². The predicted octanol–water partition coefficient (Wildman–Crippen LogP) is 1.49. The van der Waals surface area contributed by atoms with Crippen LogP contribution in [-0.2, 0) is 9.47 Å². The highest BCUT2D eigenvalue weighted by Gasteiger charge is 2.28. The molecule has 1 aromatic rings. The Morgan fingerprint density at radius 3 is 2.69 bits per heavy atom. The highest BCUT2D eigenvalue weighted by Crippen LogP contribution is 2.28. The van der Waals surface area contributed by atoms with Gasteiger partial charge < -0.3 is 24.2 Å². The van der Waals surface area contributed by atoms with E-state index in [1.807, 2.05) is 0 Å². The zero-order valence-corrected chi connectivity index (χ0v) is 15.0. The van der Waals surface area contributed by atoms with E-state index in [2.05, 4.69) is 0 Å². The number of nitrogens with zero attached hydrogens (tertiary/aromatic N) is 1. The van der Waals surface area contributed by atoms with Crippen LogP contribution in [0.15, 0.2) is 18.2 Å². The van der Waals surface area contributed by atoms with Gasteiger partial charge in [-0.25, -0.2) is 4.79 Å². The van der Waals surface area contributed by atoms with E-state index in [9.17, 15) is 14.7 Å². The van der Waals surface area contributed by atoms with Crippen molar-refractivity contribution in [3.8, 4) is 5.75 Å². The average Bonchev–Trinajstić information content (AvgIpc) is 2.65. The van der Waals surface area contributed by atoms with Crippen LogP contribution in [0.3, 0.4) is 0 Å². The smallest absolute Gasteiger partial charge is 0.338 e. The third-order valence-electron chi connectivity index (χ3n) is 4.98. The minimum Gasteiger partial charge on any atom is -0.493 e. The number of carbonyl (C=O) groups is 2. The van der Waals surface area contributed by atoms with Gasteiger partial charge in [0.2, 0.25) is 0 Å². The number of rotatable bonds is 6. The maximum absolute atomic E-state index is 12.9. The molecule has 0 unspecified atom stereocenters. The van der Waals surface area contributed by atoms with E-state index in [0.717, 1.165) is 12.8 Å². The summed E-state index contributed by atoms with van der Waals surface area (Å²) in [5, 5.41) is 9.50. The second-order valence-electron chi connectivity index (χ2n) is 6.76. The first-order chi connectivity index (χ1) is 12.6. The molecule has 1 saturated carbocycles. The number of methoxy groups -OCH3 is 1. The molecule has 0 aromatic heterocycles. The van der Waals surface area contributed by atoms with Crippen molar-refractivity contribution in [2.45, 2.75) is 25.3 Å². The number of carbonyl (C=O) groups excluding carboxylic acids is 2. The van der Waals surface area contributed by atoms with Crippen LogP contribution < -0.4 is 4.74 Å². The predicted molar refractivity (Wildman–Crippen MR) is 93.3 cm³/mol. The van der Waals surface area contributed by atoms with Gasteiger partial charge >= 0.3 is 5.97 Å². The van der Waals surface area contributed by atoms with Crippen molar-refractivity contribution in [1.29, 1.82) is 0 Å². The number of benzene rings is 1. The minimum atomic E-state index is -0.520. The molecule has 2 fully saturated rings. The van der Waals surface area contributed by atoms with Crippen molar-refractivity contribution in [3.05, 3.63) is 29.3 Å². The standard InChI is InChI=1S/C19H25NO6/c1-24-19(23)15-7-14(8-17(9-15)26-11-13-3-2-4-13)18(22)20-5-6-25-12-16(20)10-21/h7-9,13,16,21H,2-6,10-12H2,1H3/t16-/m0/s1. The molecule has 7 nitrogen and oxygen atoms in total. The normalized spacial score (nSPS) is 20.4. The summed E-state index contributed by atoms with van der Waals surface area (Å²) in [6.07, 6.45) is 3.52. The minimum absolute atomic E-state index is 0.173. The Bertz CT molecular complexity index is 657. The summed E-state index contributed by atoms with van der Waals surface area (Å²) in [6.45, 7) is 1.52. The first-order valence-corrected chi connectivity index (χ1v) is 8.98. The summed E-state index contributed by atoms with van der Waals surface area (Å²) in [4.78, 5) is 26.5. The second-order valence-corrected chi connectivity index (χ2v) is 6.76. The molecule has 2 aliphatic rings. The van der Waals surface area contributed by atoms with Gasteiger partial charge in [0.05, 0.1) is 45.1 Å². The third-order valence-corrected chi connectivity index (χ3v) is 4.98. The Kier molecular flexibility index (Phi) is 6.11. The molecule has 26 heavy (non-hydrogen) atoms. The Morgan fingerprint density at radius 1 is 1.27 bits per heavy atom. The van der Waals surface area contributed by atoms with Crippen LogP contribution in [0, 0.1) is 5.92 Å². The van der Waals surface area contributed by atoms with E-state index in [1.165, 1.54) is 19.6 Å². The number of esters is 1. The highest BCUT2D eigenvalue weighted by molar-refractivity contribution is 5.98. The summed E-state index contributed by atoms with van der Waals surface area (Å²) in [5.74, 6) is 0.242. The molecular weight excluding hydrogens is 338 g/mol. The van der Waals surface area contributed by atoms with Gasteiger partial charge in [-0.15, -0.1) is 0 Å². The fourth-order valence-electron chi connectivity index (χ4n) is 3.15. The number of hydrogen-bond donors (Lipinski definition) is 1. The van der Waals surface area contributed by atoms with Crippen molar-refractivity contribution in [1.82, 2.24) is 4.90 Å². The van der Waals surface area contributed by atoms with E-state index in [-0.39, 0.29) is 18.1 Å². The largest absolute Gasteiger partial charge is 0.493 e. The molecule has 1 heterocycles. The van der Waals surface area contributed by atoms with Crippen LogP contribution in [-0.4, -0.2) is 68.0 Å². The molecule has 1 saturated heterocycles. The molecule has 0 bridgehead atoms. The number of morpholine rings is 1. The lowest BCUT2D eigenvalue weighted by molar-refractivity contribution is -0.0184. The number of aliphatic hydroxyl groups excluding tert-OH is 1. The van der Waals surface area contributed by atoms with Gasteiger partial charge in [0.25, 0.3) is 5.91 Å². The molecule has 142 valence electrons. The second kappa shape index (κ2) is 8.51. The van der Waals surface area contributed by atoms with E-state index in [1.54, 1.807) is 17.0 Å². The fourth-order valence-corrected chi connectivity index (χ4v) is 3.15. The number of aliphatic hydroxyl groups is 1. The molecule has 1 atom stereocenters. The number of ether oxygens (including phenoxy) is 3. The first kappa shape index (κ1) is 18.7. The number of hydrogen-bond acceptors (Lipinski definition) is 6. The van der Waals surface area contributed by atoms with Gasteiger partial charge in [0, 0.05) is 12.1 Å². The van der Waals surface area contributed by atoms with Crippen LogP contribution in [0.1, 0.15) is 40.0 Å². The zero-order valence-electron chi connectivity index (χ0n) is 15.0. The van der Waals surface area contributed by atoms with Crippen LogP contribution >= 0.6 is 0 Å². The van der Waals surface area contributed by atoms with Crippen LogP contribution in [0.25, 0.3) is 0 Å². The van der Waals surface area contributed by atoms with Gasteiger partial charge in [-0.3, -0.25) is 4.79 Å². The molecule has 3 rings (SSSR count). The lowest BCUT2D eigenvalue weighted by Crippen LogP contribution is -2.50. The molecule has 1 N–H and O–H groups in total. The van der Waals surface area contributed by atoms with Gasteiger partial charge in [0.1, 0.15) is 5.75 Å². The monoisotopic (exact) mass is 363 g/mol. The maximum Gasteiger partial charge on any atom is 0.338 e. The lowest BCUT2D eigenvalue weighted by Gasteiger charge is -2.34. The Labute approximate surface area is 152 Å². The Hall–Kier alpha value is -2.12. The van der Waals surface area contributed by atoms with Crippen molar-refractivity contribution in [3.63, 3.8) is 0 Å². The summed E-state index contributed by atoms with van der Waals surface area (Å²) < 4.78 is 15.9. The van der Waals surface area contributed by atoms with Crippen LogP contribution in [0.2, 0.25) is 0 Å². The summed E-state index contributed by atoms with van der Waals surface area (Å²) in [6, 6.07) is 4.37. The third kappa shape index (κ3) is 4.16. The van der Waals surface area contributed by atoms with E-state index >= 15 is 0 Å². The molecular formula is C19H25NO6. The highest BCUT2D eigenvalue weighted by atomic mass is 16.5. The van der Waals surface area contributed by atoms with E-state index < -0.39 is 12.0 Å². The van der Waals surface area contributed by atoms with E-state index in [4.69, 9.17) is 14.2 Å². The molecule has 0 radical (unpaired) electrons. The molecule has 1 aromatic carbocycles. The van der Waals surface area contributed by atoms with Crippen molar-refractivity contribution < 1.29 is 28.9 Å². The van der Waals surface area contributed by atoms with Gasteiger partial charge in [-0.05, 0) is 37.0 Å². The molecule has 1 amide bonds. The van der Waals surface area contributed by atoms with Gasteiger partial charge in [-0.1, -0.05) is 6.42 Å². The van der Waals surface area contributed by atoms with Gasteiger partial charge in [-0.2, -0.15) is 0 Å². The van der Waals surface area contributed by atoms with E-state index in [0.29, 0.717) is 43.6 Å². The summed E-state index contributed by atoms with van der Waals surface area (Å²) in [5.41, 5.74) is 0.618. The first-order valence-electron chi connectivity index (χ1n) is 8.98. The lowest BCUT2D eigenvalue weighted by atomic mass is 9.86. The number of amides is 1. The topological polar surface area (TPSA) is 85.3 Å². The van der Waals surface area contributed by atoms with Crippen molar-refractivity contribution in [2.24, 2.45) is 5.92 Å². The summed E-state index contributed by atoms with van der Waals surface area (Å²) in [7, 11) is 1.30. The molecule has 7 heteroatoms. The van der Waals surface area contributed by atoms with Crippen molar-refractivity contribution >= 4 is 11.9 Å². The summed E-state index contributed by atoms with van der Waals surface area (Å²) >= 11 is 0. The quantitative estimate of drug-likeness (QED) is 0.771. The fraction of sp³-hybridized carbons (Fsp3) is 0.579. The SMILES string of the molecule is COC(=O)c1cc(OCC2CCC2)cc(C(=O)N2CCOC[C@@H]2CO)c1. The Balaban J connectivity index is 1.83.